The summed E-state index contributed by atoms with van der Waals surface area (Å²) < 4.78 is 12.8. The van der Waals surface area contributed by atoms with Crippen molar-refractivity contribution in [2.75, 3.05) is 5.32 Å². The molecular weight excluding hydrogens is 253 g/mol. The van der Waals surface area contributed by atoms with E-state index in [2.05, 4.69) is 15.3 Å². The third kappa shape index (κ3) is 2.96. The normalized spacial score (nSPS) is 12.2. The average molecular weight is 266 g/mol. The van der Waals surface area contributed by atoms with E-state index < -0.39 is 0 Å². The van der Waals surface area contributed by atoms with Gasteiger partial charge in [0, 0.05) is 17.8 Å². The van der Waals surface area contributed by atoms with Gasteiger partial charge in [0.1, 0.15) is 11.6 Å². The second-order valence-electron chi connectivity index (χ2n) is 4.09. The standard InChI is InChI=1S/C13H13ClFN3/c1-8-7-16-13(14)18-12(8)17-9(2)10-3-5-11(15)6-4-10/h3-7,9H,1-2H3,(H,16,17,18). The highest BCUT2D eigenvalue weighted by Gasteiger charge is 2.09. The van der Waals surface area contributed by atoms with Gasteiger partial charge in [-0.15, -0.1) is 0 Å². The van der Waals surface area contributed by atoms with Gasteiger partial charge in [-0.05, 0) is 43.1 Å². The van der Waals surface area contributed by atoms with Crippen LogP contribution in [-0.2, 0) is 0 Å². The summed E-state index contributed by atoms with van der Waals surface area (Å²) in [4.78, 5) is 8.02. The molecule has 1 unspecified atom stereocenters. The Bertz CT molecular complexity index is 542. The molecule has 1 aromatic carbocycles. The van der Waals surface area contributed by atoms with Gasteiger partial charge in [0.2, 0.25) is 5.28 Å². The molecule has 1 atom stereocenters. The van der Waals surface area contributed by atoms with Crippen LogP contribution in [0.2, 0.25) is 5.28 Å². The number of anilines is 1. The average Bonchev–Trinajstić information content (AvgIpc) is 2.34. The first-order valence-corrected chi connectivity index (χ1v) is 5.95. The van der Waals surface area contributed by atoms with Gasteiger partial charge in [-0.25, -0.2) is 14.4 Å². The number of benzene rings is 1. The zero-order chi connectivity index (χ0) is 13.1. The second kappa shape index (κ2) is 5.31. The molecule has 0 aliphatic rings. The Balaban J connectivity index is 2.18. The topological polar surface area (TPSA) is 37.8 Å². The number of aromatic nitrogens is 2. The lowest BCUT2D eigenvalue weighted by Crippen LogP contribution is -2.09. The molecule has 2 aromatic rings. The fraction of sp³-hybridized carbons (Fsp3) is 0.231. The molecular formula is C13H13ClFN3. The first kappa shape index (κ1) is 12.8. The summed E-state index contributed by atoms with van der Waals surface area (Å²) in [6.07, 6.45) is 1.66. The van der Waals surface area contributed by atoms with Crippen LogP contribution in [0.15, 0.2) is 30.5 Å². The molecule has 0 bridgehead atoms. The number of halogens is 2. The third-order valence-corrected chi connectivity index (χ3v) is 2.85. The number of aryl methyl sites for hydroxylation is 1. The number of rotatable bonds is 3. The lowest BCUT2D eigenvalue weighted by atomic mass is 10.1. The molecule has 2 rings (SSSR count). The fourth-order valence-electron chi connectivity index (χ4n) is 1.61. The van der Waals surface area contributed by atoms with E-state index in [0.29, 0.717) is 5.82 Å². The minimum absolute atomic E-state index is 0.00951. The molecule has 0 saturated heterocycles. The SMILES string of the molecule is Cc1cnc(Cl)nc1NC(C)c1ccc(F)cc1. The summed E-state index contributed by atoms with van der Waals surface area (Å²) in [5.41, 5.74) is 1.89. The highest BCUT2D eigenvalue weighted by molar-refractivity contribution is 6.28. The first-order valence-electron chi connectivity index (χ1n) is 5.57. The lowest BCUT2D eigenvalue weighted by Gasteiger charge is -2.16. The number of hydrogen-bond acceptors (Lipinski definition) is 3. The van der Waals surface area contributed by atoms with Crippen LogP contribution in [0.3, 0.4) is 0 Å². The van der Waals surface area contributed by atoms with Crippen LogP contribution in [-0.4, -0.2) is 9.97 Å². The zero-order valence-corrected chi connectivity index (χ0v) is 10.9. The van der Waals surface area contributed by atoms with E-state index in [1.165, 1.54) is 12.1 Å². The van der Waals surface area contributed by atoms with Gasteiger partial charge < -0.3 is 5.32 Å². The summed E-state index contributed by atoms with van der Waals surface area (Å²) in [5, 5.41) is 3.43. The van der Waals surface area contributed by atoms with Crippen LogP contribution in [0.4, 0.5) is 10.2 Å². The van der Waals surface area contributed by atoms with Crippen molar-refractivity contribution in [2.45, 2.75) is 19.9 Å². The molecule has 18 heavy (non-hydrogen) atoms. The smallest absolute Gasteiger partial charge is 0.224 e. The third-order valence-electron chi connectivity index (χ3n) is 2.67. The van der Waals surface area contributed by atoms with Crippen LogP contribution in [0, 0.1) is 12.7 Å². The molecule has 1 N–H and O–H groups in total. The Morgan fingerprint density at radius 3 is 2.61 bits per heavy atom. The van der Waals surface area contributed by atoms with Crippen molar-refractivity contribution in [3.63, 3.8) is 0 Å². The Kier molecular flexibility index (Phi) is 3.77. The molecule has 0 aliphatic carbocycles. The van der Waals surface area contributed by atoms with E-state index in [0.717, 1.165) is 11.1 Å². The zero-order valence-electron chi connectivity index (χ0n) is 10.1. The predicted molar refractivity (Wildman–Crippen MR) is 70.2 cm³/mol. The van der Waals surface area contributed by atoms with Crippen LogP contribution >= 0.6 is 11.6 Å². The quantitative estimate of drug-likeness (QED) is 0.859. The van der Waals surface area contributed by atoms with Gasteiger partial charge in [-0.2, -0.15) is 0 Å². The number of nitrogens with one attached hydrogen (secondary N) is 1. The second-order valence-corrected chi connectivity index (χ2v) is 4.43. The van der Waals surface area contributed by atoms with Gasteiger partial charge >= 0.3 is 0 Å². The Hall–Kier alpha value is -1.68. The molecule has 0 amide bonds. The van der Waals surface area contributed by atoms with E-state index in [9.17, 15) is 4.39 Å². The maximum atomic E-state index is 12.8. The lowest BCUT2D eigenvalue weighted by molar-refractivity contribution is 0.626. The monoisotopic (exact) mass is 265 g/mol. The molecule has 0 aliphatic heterocycles. The Morgan fingerprint density at radius 1 is 1.28 bits per heavy atom. The van der Waals surface area contributed by atoms with Crippen molar-refractivity contribution in [3.8, 4) is 0 Å². The Labute approximate surface area is 110 Å². The summed E-state index contributed by atoms with van der Waals surface area (Å²) in [6, 6.07) is 6.37. The van der Waals surface area contributed by atoms with Crippen molar-refractivity contribution < 1.29 is 4.39 Å². The Morgan fingerprint density at radius 2 is 1.94 bits per heavy atom. The van der Waals surface area contributed by atoms with Gasteiger partial charge in [0.15, 0.2) is 0 Å². The molecule has 5 heteroatoms. The summed E-state index contributed by atoms with van der Waals surface area (Å²) in [6.45, 7) is 3.87. The minimum atomic E-state index is -0.243. The minimum Gasteiger partial charge on any atom is -0.363 e. The predicted octanol–water partition coefficient (Wildman–Crippen LogP) is 3.75. The van der Waals surface area contributed by atoms with E-state index in [1.54, 1.807) is 18.3 Å². The molecule has 3 nitrogen and oxygen atoms in total. The molecule has 94 valence electrons. The highest BCUT2D eigenvalue weighted by atomic mass is 35.5. The van der Waals surface area contributed by atoms with Gasteiger partial charge in [-0.3, -0.25) is 0 Å². The van der Waals surface area contributed by atoms with Crippen LogP contribution in [0.1, 0.15) is 24.1 Å². The first-order chi connectivity index (χ1) is 8.56. The molecule has 0 spiro atoms. The molecule has 1 heterocycles. The largest absolute Gasteiger partial charge is 0.363 e. The molecule has 0 radical (unpaired) electrons. The summed E-state index contributed by atoms with van der Waals surface area (Å²) >= 11 is 5.76. The van der Waals surface area contributed by atoms with E-state index in [1.807, 2.05) is 13.8 Å². The van der Waals surface area contributed by atoms with Crippen molar-refractivity contribution in [1.82, 2.24) is 9.97 Å². The highest BCUT2D eigenvalue weighted by Crippen LogP contribution is 2.21. The van der Waals surface area contributed by atoms with Gasteiger partial charge in [-0.1, -0.05) is 12.1 Å². The number of nitrogens with zero attached hydrogens (tertiary/aromatic N) is 2. The van der Waals surface area contributed by atoms with Crippen LogP contribution in [0.5, 0.6) is 0 Å². The molecule has 0 saturated carbocycles. The van der Waals surface area contributed by atoms with Gasteiger partial charge in [0.25, 0.3) is 0 Å². The number of hydrogen-bond donors (Lipinski definition) is 1. The van der Waals surface area contributed by atoms with Crippen molar-refractivity contribution >= 4 is 17.4 Å². The van der Waals surface area contributed by atoms with Crippen LogP contribution < -0.4 is 5.32 Å². The molecule has 0 fully saturated rings. The van der Waals surface area contributed by atoms with E-state index in [4.69, 9.17) is 11.6 Å². The maximum Gasteiger partial charge on any atom is 0.224 e. The van der Waals surface area contributed by atoms with Gasteiger partial charge in [0.05, 0.1) is 0 Å². The van der Waals surface area contributed by atoms with Crippen molar-refractivity contribution in [1.29, 1.82) is 0 Å². The maximum absolute atomic E-state index is 12.8. The van der Waals surface area contributed by atoms with E-state index in [-0.39, 0.29) is 17.1 Å². The molecule has 1 aromatic heterocycles. The fourth-order valence-corrected chi connectivity index (χ4v) is 1.74. The van der Waals surface area contributed by atoms with Crippen molar-refractivity contribution in [2.24, 2.45) is 0 Å². The van der Waals surface area contributed by atoms with E-state index >= 15 is 0 Å². The van der Waals surface area contributed by atoms with Crippen LogP contribution in [0.25, 0.3) is 0 Å². The van der Waals surface area contributed by atoms with Crippen molar-refractivity contribution in [3.05, 3.63) is 52.7 Å². The summed E-state index contributed by atoms with van der Waals surface area (Å²) in [5.74, 6) is 0.444. The summed E-state index contributed by atoms with van der Waals surface area (Å²) in [7, 11) is 0.